The Morgan fingerprint density at radius 2 is 2.19 bits per heavy atom. The molecule has 0 radical (unpaired) electrons. The molecule has 1 aliphatic rings. The monoisotopic (exact) mass is 366 g/mol. The third kappa shape index (κ3) is 3.21. The minimum atomic E-state index is 0.107. The lowest BCUT2D eigenvalue weighted by Gasteiger charge is -2.33. The van der Waals surface area contributed by atoms with Gasteiger partial charge in [0, 0.05) is 25.3 Å². The van der Waals surface area contributed by atoms with Crippen molar-refractivity contribution in [2.24, 2.45) is 5.73 Å². The van der Waals surface area contributed by atoms with Crippen LogP contribution >= 0.6 is 0 Å². The van der Waals surface area contributed by atoms with Gasteiger partial charge in [0.15, 0.2) is 0 Å². The molecule has 0 unspecified atom stereocenters. The zero-order valence-electron chi connectivity index (χ0n) is 15.9. The number of fused-ring (bicyclic) bond motifs is 1. The van der Waals surface area contributed by atoms with Crippen LogP contribution in [0, 0.1) is 6.92 Å². The van der Waals surface area contributed by atoms with Crippen molar-refractivity contribution in [2.45, 2.75) is 32.4 Å². The van der Waals surface area contributed by atoms with Gasteiger partial charge in [0.1, 0.15) is 5.52 Å². The second kappa shape index (κ2) is 7.12. The number of ether oxygens (including phenoxy) is 1. The van der Waals surface area contributed by atoms with Crippen molar-refractivity contribution in [3.8, 4) is 11.6 Å². The second-order valence-electron chi connectivity index (χ2n) is 7.31. The Balaban J connectivity index is 1.87. The number of hydrogen-bond acceptors (Lipinski definition) is 5. The summed E-state index contributed by atoms with van der Waals surface area (Å²) in [5.41, 5.74) is 11.1. The molecule has 6 heteroatoms. The summed E-state index contributed by atoms with van der Waals surface area (Å²) in [5, 5.41) is 10.9. The van der Waals surface area contributed by atoms with Gasteiger partial charge in [-0.1, -0.05) is 29.8 Å². The molecule has 0 spiro atoms. The first-order valence-electron chi connectivity index (χ1n) is 9.38. The number of anilines is 1. The average Bonchev–Trinajstić information content (AvgIpc) is 2.93. The van der Waals surface area contributed by atoms with Crippen molar-refractivity contribution in [3.05, 3.63) is 47.7 Å². The fourth-order valence-electron chi connectivity index (χ4n) is 4.03. The fourth-order valence-corrected chi connectivity index (χ4v) is 4.03. The molecule has 4 rings (SSSR count). The van der Waals surface area contributed by atoms with Crippen LogP contribution in [-0.2, 0) is 6.54 Å². The van der Waals surface area contributed by atoms with E-state index in [4.69, 9.17) is 10.5 Å². The highest BCUT2D eigenvalue weighted by molar-refractivity contribution is 5.96. The van der Waals surface area contributed by atoms with Crippen LogP contribution < -0.4 is 15.4 Å². The molecule has 1 aliphatic heterocycles. The van der Waals surface area contributed by atoms with Crippen LogP contribution in [0.1, 0.15) is 24.0 Å². The van der Waals surface area contributed by atoms with Crippen molar-refractivity contribution >= 4 is 16.7 Å². The molecule has 1 atom stereocenters. The Bertz CT molecular complexity index is 966. The van der Waals surface area contributed by atoms with E-state index in [1.54, 1.807) is 13.3 Å². The van der Waals surface area contributed by atoms with Gasteiger partial charge in [-0.15, -0.1) is 0 Å². The molecule has 0 saturated carbocycles. The molecule has 6 nitrogen and oxygen atoms in total. The number of rotatable bonds is 4. The summed E-state index contributed by atoms with van der Waals surface area (Å²) >= 11 is 0. The van der Waals surface area contributed by atoms with E-state index in [1.807, 2.05) is 16.7 Å². The molecule has 0 aliphatic carbocycles. The highest BCUT2D eigenvalue weighted by Gasteiger charge is 2.25. The molecule has 0 amide bonds. The highest BCUT2D eigenvalue weighted by atomic mass is 16.5. The first kappa shape index (κ1) is 17.7. The van der Waals surface area contributed by atoms with E-state index in [9.17, 15) is 5.11 Å². The van der Waals surface area contributed by atoms with Gasteiger partial charge >= 0.3 is 0 Å². The minimum absolute atomic E-state index is 0.107. The maximum Gasteiger partial charge on any atom is 0.238 e. The van der Waals surface area contributed by atoms with Gasteiger partial charge in [-0.3, -0.25) is 4.98 Å². The Hall–Kier alpha value is -2.73. The molecule has 1 saturated heterocycles. The van der Waals surface area contributed by atoms with Gasteiger partial charge in [-0.2, -0.15) is 0 Å². The summed E-state index contributed by atoms with van der Waals surface area (Å²) in [7, 11) is 1.57. The first-order chi connectivity index (χ1) is 13.1. The predicted octanol–water partition coefficient (Wildman–Crippen LogP) is 3.03. The van der Waals surface area contributed by atoms with Crippen LogP contribution in [0.5, 0.6) is 11.6 Å². The van der Waals surface area contributed by atoms with E-state index in [2.05, 4.69) is 35.0 Å². The number of nitrogens with zero attached hydrogens (tertiary/aromatic N) is 3. The molecule has 0 bridgehead atoms. The molecule has 3 N–H and O–H groups in total. The van der Waals surface area contributed by atoms with Crippen LogP contribution in [0.3, 0.4) is 0 Å². The number of pyridine rings is 1. The van der Waals surface area contributed by atoms with E-state index in [0.29, 0.717) is 17.8 Å². The van der Waals surface area contributed by atoms with Gasteiger partial charge in [-0.25, -0.2) is 0 Å². The molecule has 27 heavy (non-hydrogen) atoms. The predicted molar refractivity (Wildman–Crippen MR) is 108 cm³/mol. The number of hydrogen-bond donors (Lipinski definition) is 2. The zero-order chi connectivity index (χ0) is 19.0. The standard InChI is InChI=1S/C21H26N4O2/c1-14-5-3-6-15(11-14)12-25-19-17(24-10-4-7-16(22)13-24)8-9-23-18(19)20(27-2)21(25)26/h3,5-6,8-9,11,16,26H,4,7,10,12-13,22H2,1-2H3/t16-/m1/s1. The molecule has 3 heterocycles. The molecule has 142 valence electrons. The highest BCUT2D eigenvalue weighted by Crippen LogP contribution is 2.41. The number of piperidine rings is 1. The van der Waals surface area contributed by atoms with Crippen molar-refractivity contribution in [1.29, 1.82) is 0 Å². The summed E-state index contributed by atoms with van der Waals surface area (Å²) < 4.78 is 7.38. The maximum absolute atomic E-state index is 10.9. The quantitative estimate of drug-likeness (QED) is 0.742. The molecule has 2 aromatic heterocycles. The van der Waals surface area contributed by atoms with E-state index in [-0.39, 0.29) is 11.9 Å². The van der Waals surface area contributed by atoms with Crippen LogP contribution in [0.15, 0.2) is 36.5 Å². The summed E-state index contributed by atoms with van der Waals surface area (Å²) in [6, 6.07) is 10.5. The van der Waals surface area contributed by atoms with Crippen LogP contribution in [0.4, 0.5) is 5.69 Å². The van der Waals surface area contributed by atoms with Gasteiger partial charge < -0.3 is 25.0 Å². The van der Waals surface area contributed by atoms with Crippen LogP contribution in [-0.4, -0.2) is 40.9 Å². The number of aromatic hydroxyl groups is 1. The second-order valence-corrected chi connectivity index (χ2v) is 7.31. The Morgan fingerprint density at radius 3 is 2.93 bits per heavy atom. The van der Waals surface area contributed by atoms with Gasteiger partial charge in [0.25, 0.3) is 0 Å². The lowest BCUT2D eigenvalue weighted by molar-refractivity contribution is 0.358. The number of methoxy groups -OCH3 is 1. The van der Waals surface area contributed by atoms with Crippen LogP contribution in [0.2, 0.25) is 0 Å². The van der Waals surface area contributed by atoms with Crippen molar-refractivity contribution in [3.63, 3.8) is 0 Å². The molecular formula is C21H26N4O2. The van der Waals surface area contributed by atoms with Crippen molar-refractivity contribution in [1.82, 2.24) is 9.55 Å². The topological polar surface area (TPSA) is 76.5 Å². The fraction of sp³-hybridized carbons (Fsp3) is 0.381. The summed E-state index contributed by atoms with van der Waals surface area (Å²) in [4.78, 5) is 6.80. The molecule has 1 aromatic carbocycles. The maximum atomic E-state index is 10.9. The average molecular weight is 366 g/mol. The van der Waals surface area contributed by atoms with Gasteiger partial charge in [0.05, 0.1) is 24.9 Å². The number of nitrogens with two attached hydrogens (primary N) is 1. The lowest BCUT2D eigenvalue weighted by Crippen LogP contribution is -2.43. The first-order valence-corrected chi connectivity index (χ1v) is 9.38. The summed E-state index contributed by atoms with van der Waals surface area (Å²) in [6.45, 7) is 4.37. The molecule has 1 fully saturated rings. The Kier molecular flexibility index (Phi) is 4.66. The minimum Gasteiger partial charge on any atom is -0.492 e. The SMILES string of the molecule is COc1c(O)n(Cc2cccc(C)c2)c2c(N3CCC[C@@H](N)C3)ccnc12. The number of benzene rings is 1. The van der Waals surface area contributed by atoms with Gasteiger partial charge in [-0.05, 0) is 31.4 Å². The van der Waals surface area contributed by atoms with E-state index >= 15 is 0 Å². The number of aromatic nitrogens is 2. The lowest BCUT2D eigenvalue weighted by atomic mass is 10.1. The molecule has 3 aromatic rings. The van der Waals surface area contributed by atoms with E-state index < -0.39 is 0 Å². The summed E-state index contributed by atoms with van der Waals surface area (Å²) in [5.74, 6) is 0.524. The molecular weight excluding hydrogens is 340 g/mol. The largest absolute Gasteiger partial charge is 0.492 e. The smallest absolute Gasteiger partial charge is 0.238 e. The normalized spacial score (nSPS) is 17.4. The van der Waals surface area contributed by atoms with Gasteiger partial charge in [0.2, 0.25) is 11.6 Å². The van der Waals surface area contributed by atoms with Crippen LogP contribution in [0.25, 0.3) is 11.0 Å². The van der Waals surface area contributed by atoms with Crippen molar-refractivity contribution in [2.75, 3.05) is 25.1 Å². The zero-order valence-corrected chi connectivity index (χ0v) is 15.9. The Labute approximate surface area is 159 Å². The van der Waals surface area contributed by atoms with Crippen molar-refractivity contribution < 1.29 is 9.84 Å². The van der Waals surface area contributed by atoms with E-state index in [0.717, 1.165) is 42.7 Å². The Morgan fingerprint density at radius 1 is 1.33 bits per heavy atom. The number of aryl methyl sites for hydroxylation is 1. The van der Waals surface area contributed by atoms with E-state index in [1.165, 1.54) is 5.56 Å². The summed E-state index contributed by atoms with van der Waals surface area (Å²) in [6.07, 6.45) is 3.88. The third-order valence-electron chi connectivity index (χ3n) is 5.27. The third-order valence-corrected chi connectivity index (χ3v) is 5.27.